The predicted octanol–water partition coefficient (Wildman–Crippen LogP) is 4.59. The molecule has 0 aromatic carbocycles. The van der Waals surface area contributed by atoms with Crippen molar-refractivity contribution in [3.05, 3.63) is 47.4 Å². The van der Waals surface area contributed by atoms with E-state index in [9.17, 15) is 13.2 Å². The van der Waals surface area contributed by atoms with E-state index in [2.05, 4.69) is 33.7 Å². The van der Waals surface area contributed by atoms with E-state index in [0.717, 1.165) is 73.6 Å². The standard InChI is InChI=1S/C24H30F3N5OS/c1-15-9-20(31(3)22(30-15)21-16(2)29-14-33-21)34-8-4-7-32-12-18-10-23(18,13-32)17-5-6-19(28-11-17)24(25,26)27/h5-6,11,14-15,18,20H,4,7-10,12-13H2,1-3H3/t15?,18-,20?,23+/m1/s1. The lowest BCUT2D eigenvalue weighted by Crippen LogP contribution is -2.42. The van der Waals surface area contributed by atoms with Crippen molar-refractivity contribution in [2.45, 2.75) is 56.1 Å². The van der Waals surface area contributed by atoms with E-state index in [4.69, 9.17) is 9.41 Å². The third-order valence-corrected chi connectivity index (χ3v) is 8.79. The van der Waals surface area contributed by atoms with E-state index in [1.165, 1.54) is 12.6 Å². The summed E-state index contributed by atoms with van der Waals surface area (Å²) in [7, 11) is 2.07. The number of aliphatic imine (C=N–C) groups is 1. The number of rotatable bonds is 7. The summed E-state index contributed by atoms with van der Waals surface area (Å²) in [6.45, 7) is 7.02. The first kappa shape index (κ1) is 23.7. The maximum absolute atomic E-state index is 12.8. The molecule has 0 spiro atoms. The second-order valence-corrected chi connectivity index (χ2v) is 11.1. The van der Waals surface area contributed by atoms with Crippen LogP contribution in [0, 0.1) is 12.8 Å². The third-order valence-electron chi connectivity index (χ3n) is 7.37. The zero-order chi connectivity index (χ0) is 24.1. The number of amidine groups is 1. The summed E-state index contributed by atoms with van der Waals surface area (Å²) in [4.78, 5) is 17.4. The number of halogens is 3. The molecule has 0 radical (unpaired) electrons. The number of hydrogen-bond acceptors (Lipinski definition) is 7. The molecule has 2 aliphatic heterocycles. The van der Waals surface area contributed by atoms with E-state index in [-0.39, 0.29) is 11.5 Å². The molecular weight excluding hydrogens is 463 g/mol. The number of alkyl halides is 3. The molecule has 0 N–H and O–H groups in total. The second kappa shape index (κ2) is 8.86. The van der Waals surface area contributed by atoms with Crippen LogP contribution in [0.4, 0.5) is 13.2 Å². The molecule has 4 atom stereocenters. The number of aromatic nitrogens is 2. The Kier molecular flexibility index (Phi) is 6.16. The minimum atomic E-state index is -4.39. The van der Waals surface area contributed by atoms with Crippen molar-refractivity contribution in [3.8, 4) is 0 Å². The quantitative estimate of drug-likeness (QED) is 0.526. The number of pyridine rings is 1. The first-order chi connectivity index (χ1) is 16.2. The number of likely N-dealkylation sites (tertiary alicyclic amines) is 1. The SMILES string of the molecule is Cc1ncoc1C1=NC(C)CC(SCCCN2C[C@H]3C[C@@]3(c3ccc(C(F)(F)F)nc3)C2)N1C. The molecule has 10 heteroatoms. The van der Waals surface area contributed by atoms with E-state index < -0.39 is 11.9 Å². The molecule has 2 aromatic heterocycles. The van der Waals surface area contributed by atoms with Crippen molar-refractivity contribution in [2.75, 3.05) is 32.4 Å². The molecule has 3 aliphatic rings. The van der Waals surface area contributed by atoms with Crippen molar-refractivity contribution in [3.63, 3.8) is 0 Å². The van der Waals surface area contributed by atoms with E-state index >= 15 is 0 Å². The Morgan fingerprint density at radius 1 is 1.26 bits per heavy atom. The van der Waals surface area contributed by atoms with E-state index in [1.54, 1.807) is 6.07 Å². The molecular formula is C24H30F3N5OS. The number of nitrogens with zero attached hydrogens (tertiary/aromatic N) is 5. The number of aryl methyl sites for hydroxylation is 1. The van der Waals surface area contributed by atoms with Crippen molar-refractivity contribution in [1.82, 2.24) is 19.8 Å². The van der Waals surface area contributed by atoms with Gasteiger partial charge in [-0.25, -0.2) is 4.98 Å². The van der Waals surface area contributed by atoms with Crippen LogP contribution in [-0.4, -0.2) is 69.5 Å². The lowest BCUT2D eigenvalue weighted by Gasteiger charge is -2.35. The zero-order valence-corrected chi connectivity index (χ0v) is 20.5. The maximum Gasteiger partial charge on any atom is 0.433 e. The third kappa shape index (κ3) is 4.46. The van der Waals surface area contributed by atoms with E-state index in [0.29, 0.717) is 11.3 Å². The number of thioether (sulfide) groups is 1. The highest BCUT2D eigenvalue weighted by atomic mass is 32.2. The van der Waals surface area contributed by atoms with E-state index in [1.807, 2.05) is 18.7 Å². The Morgan fingerprint density at radius 3 is 2.76 bits per heavy atom. The van der Waals surface area contributed by atoms with Gasteiger partial charge in [0.25, 0.3) is 0 Å². The lowest BCUT2D eigenvalue weighted by molar-refractivity contribution is -0.141. The zero-order valence-electron chi connectivity index (χ0n) is 19.7. The van der Waals surface area contributed by atoms with Crippen LogP contribution >= 0.6 is 11.8 Å². The molecule has 0 bridgehead atoms. The largest absolute Gasteiger partial charge is 0.440 e. The number of fused-ring (bicyclic) bond motifs is 1. The highest BCUT2D eigenvalue weighted by Crippen LogP contribution is 2.59. The predicted molar refractivity (Wildman–Crippen MR) is 126 cm³/mol. The molecule has 2 fully saturated rings. The van der Waals surface area contributed by atoms with Crippen LogP contribution in [0.3, 0.4) is 0 Å². The summed E-state index contributed by atoms with van der Waals surface area (Å²) >= 11 is 1.95. The number of oxazole rings is 1. The van der Waals surface area contributed by atoms with Crippen LogP contribution in [0.1, 0.15) is 48.9 Å². The molecule has 184 valence electrons. The second-order valence-electron chi connectivity index (χ2n) is 9.82. The molecule has 2 unspecified atom stereocenters. The van der Waals surface area contributed by atoms with Crippen LogP contribution < -0.4 is 0 Å². The van der Waals surface area contributed by atoms with Gasteiger partial charge in [-0.15, -0.1) is 11.8 Å². The highest BCUT2D eigenvalue weighted by molar-refractivity contribution is 7.99. The maximum atomic E-state index is 12.8. The Morgan fingerprint density at radius 2 is 2.09 bits per heavy atom. The van der Waals surface area contributed by atoms with Gasteiger partial charge >= 0.3 is 6.18 Å². The average Bonchev–Trinajstić information content (AvgIpc) is 3.11. The molecule has 4 heterocycles. The van der Waals surface area contributed by atoms with Crippen LogP contribution in [0.5, 0.6) is 0 Å². The van der Waals surface area contributed by atoms with Crippen molar-refractivity contribution in [1.29, 1.82) is 0 Å². The fourth-order valence-corrected chi connectivity index (χ4v) is 6.73. The van der Waals surface area contributed by atoms with Crippen LogP contribution in [0.15, 0.2) is 34.1 Å². The molecule has 34 heavy (non-hydrogen) atoms. The monoisotopic (exact) mass is 493 g/mol. The van der Waals surface area contributed by atoms with Crippen molar-refractivity contribution >= 4 is 17.6 Å². The Hall–Kier alpha value is -2.07. The van der Waals surface area contributed by atoms with Gasteiger partial charge in [0.05, 0.1) is 17.1 Å². The fourth-order valence-electron chi connectivity index (χ4n) is 5.42. The van der Waals surface area contributed by atoms with Crippen LogP contribution in [-0.2, 0) is 11.6 Å². The summed E-state index contributed by atoms with van der Waals surface area (Å²) in [6.07, 6.45) is 1.65. The van der Waals surface area contributed by atoms with Crippen LogP contribution in [0.25, 0.3) is 0 Å². The van der Waals surface area contributed by atoms with Gasteiger partial charge in [-0.1, -0.05) is 6.07 Å². The summed E-state index contributed by atoms with van der Waals surface area (Å²) in [5.74, 6) is 3.20. The molecule has 6 nitrogen and oxygen atoms in total. The Labute approximate surface area is 202 Å². The minimum Gasteiger partial charge on any atom is -0.440 e. The van der Waals surface area contributed by atoms with Crippen LogP contribution in [0.2, 0.25) is 0 Å². The Bertz CT molecular complexity index is 1060. The molecule has 1 saturated carbocycles. The van der Waals surface area contributed by atoms with Crippen molar-refractivity contribution < 1.29 is 17.6 Å². The van der Waals surface area contributed by atoms with Gasteiger partial charge in [-0.05, 0) is 63.0 Å². The van der Waals surface area contributed by atoms with Gasteiger partial charge in [-0.2, -0.15) is 13.2 Å². The summed E-state index contributed by atoms with van der Waals surface area (Å²) in [6, 6.07) is 2.99. The highest BCUT2D eigenvalue weighted by Gasteiger charge is 2.60. The minimum absolute atomic E-state index is 0.00356. The van der Waals surface area contributed by atoms with Gasteiger partial charge in [-0.3, -0.25) is 9.98 Å². The normalized spacial score (nSPS) is 29.3. The first-order valence-corrected chi connectivity index (χ1v) is 12.8. The summed E-state index contributed by atoms with van der Waals surface area (Å²) in [5, 5.41) is 0.337. The molecule has 1 aliphatic carbocycles. The van der Waals surface area contributed by atoms with Gasteiger partial charge in [0.1, 0.15) is 5.69 Å². The Balaban J connectivity index is 1.11. The van der Waals surface area contributed by atoms with Gasteiger partial charge in [0, 0.05) is 31.7 Å². The summed E-state index contributed by atoms with van der Waals surface area (Å²) < 4.78 is 44.1. The van der Waals surface area contributed by atoms with Gasteiger partial charge in [0.2, 0.25) is 0 Å². The number of hydrogen-bond donors (Lipinski definition) is 0. The lowest BCUT2D eigenvalue weighted by atomic mass is 9.96. The molecule has 0 amide bonds. The van der Waals surface area contributed by atoms with Gasteiger partial charge < -0.3 is 14.2 Å². The first-order valence-electron chi connectivity index (χ1n) is 11.8. The van der Waals surface area contributed by atoms with Crippen molar-refractivity contribution in [2.24, 2.45) is 10.9 Å². The molecule has 2 aromatic rings. The van der Waals surface area contributed by atoms with Gasteiger partial charge in [0.15, 0.2) is 18.0 Å². The molecule has 5 rings (SSSR count). The summed E-state index contributed by atoms with van der Waals surface area (Å²) in [5.41, 5.74) is 0.997. The molecule has 1 saturated heterocycles. The number of piperidine rings is 1. The fraction of sp³-hybridized carbons (Fsp3) is 0.625. The smallest absolute Gasteiger partial charge is 0.433 e. The average molecular weight is 494 g/mol. The topological polar surface area (TPSA) is 57.8 Å².